The number of rotatable bonds is 5. The van der Waals surface area contributed by atoms with Gasteiger partial charge in [0.15, 0.2) is 0 Å². The first-order valence-corrected chi connectivity index (χ1v) is 7.44. The van der Waals surface area contributed by atoms with E-state index in [1.807, 2.05) is 0 Å². The minimum atomic E-state index is -0.550. The van der Waals surface area contributed by atoms with Crippen LogP contribution in [0, 0.1) is 11.3 Å². The standard InChI is InChI=1S/C14H14Cl2N4O2/c15-11-4-3-9(6-12(11)16)19-20-13(7-17)14(21)18-8-10-2-1-5-22-10/h3-4,6,10,19H,1-2,5,8H2,(H,18,21)/b20-13-/t10-/m1/s1. The summed E-state index contributed by atoms with van der Waals surface area (Å²) in [6, 6.07) is 6.52. The number of carbonyl (C=O) groups excluding carboxylic acids is 1. The Morgan fingerprint density at radius 3 is 2.91 bits per heavy atom. The number of hydrogen-bond acceptors (Lipinski definition) is 5. The van der Waals surface area contributed by atoms with Crippen LogP contribution in [0.3, 0.4) is 0 Å². The Balaban J connectivity index is 1.92. The predicted octanol–water partition coefficient (Wildman–Crippen LogP) is 2.58. The summed E-state index contributed by atoms with van der Waals surface area (Å²) in [6.07, 6.45) is 1.89. The van der Waals surface area contributed by atoms with Crippen molar-refractivity contribution in [3.63, 3.8) is 0 Å². The molecule has 0 aliphatic carbocycles. The topological polar surface area (TPSA) is 86.5 Å². The molecule has 1 amide bonds. The summed E-state index contributed by atoms with van der Waals surface area (Å²) >= 11 is 11.7. The molecule has 0 saturated carbocycles. The van der Waals surface area contributed by atoms with E-state index in [-0.39, 0.29) is 11.8 Å². The first-order valence-electron chi connectivity index (χ1n) is 6.69. The molecule has 0 radical (unpaired) electrons. The van der Waals surface area contributed by atoms with Gasteiger partial charge < -0.3 is 10.1 Å². The summed E-state index contributed by atoms with van der Waals surface area (Å²) in [5, 5.41) is 16.2. The number of nitrogens with one attached hydrogen (secondary N) is 2. The zero-order chi connectivity index (χ0) is 15.9. The predicted molar refractivity (Wildman–Crippen MR) is 85.1 cm³/mol. The third kappa shape index (κ3) is 4.60. The lowest BCUT2D eigenvalue weighted by Gasteiger charge is -2.09. The van der Waals surface area contributed by atoms with Crippen molar-refractivity contribution >= 4 is 40.5 Å². The Kier molecular flexibility index (Phi) is 6.01. The summed E-state index contributed by atoms with van der Waals surface area (Å²) in [6.45, 7) is 1.07. The lowest BCUT2D eigenvalue weighted by atomic mass is 10.2. The normalized spacial score (nSPS) is 17.9. The van der Waals surface area contributed by atoms with E-state index in [2.05, 4.69) is 15.8 Å². The average molecular weight is 341 g/mol. The van der Waals surface area contributed by atoms with E-state index in [1.165, 1.54) is 0 Å². The molecule has 1 aromatic rings. The maximum absolute atomic E-state index is 11.9. The van der Waals surface area contributed by atoms with Crippen LogP contribution >= 0.6 is 23.2 Å². The highest BCUT2D eigenvalue weighted by Crippen LogP contribution is 2.24. The third-order valence-corrected chi connectivity index (χ3v) is 3.79. The molecule has 1 fully saturated rings. The fourth-order valence-electron chi connectivity index (χ4n) is 1.91. The minimum Gasteiger partial charge on any atom is -0.376 e. The van der Waals surface area contributed by atoms with Gasteiger partial charge in [0.25, 0.3) is 5.91 Å². The molecular weight excluding hydrogens is 327 g/mol. The fourth-order valence-corrected chi connectivity index (χ4v) is 2.21. The van der Waals surface area contributed by atoms with Crippen LogP contribution in [0.4, 0.5) is 5.69 Å². The monoisotopic (exact) mass is 340 g/mol. The number of carbonyl (C=O) groups is 1. The van der Waals surface area contributed by atoms with Crippen molar-refractivity contribution < 1.29 is 9.53 Å². The highest BCUT2D eigenvalue weighted by molar-refractivity contribution is 6.45. The maximum Gasteiger partial charge on any atom is 0.282 e. The molecule has 2 N–H and O–H groups in total. The molecule has 116 valence electrons. The second kappa shape index (κ2) is 7.99. The first kappa shape index (κ1) is 16.6. The molecule has 1 aliphatic rings. The van der Waals surface area contributed by atoms with Crippen molar-refractivity contribution in [2.24, 2.45) is 5.10 Å². The highest BCUT2D eigenvalue weighted by atomic mass is 35.5. The number of nitriles is 1. The van der Waals surface area contributed by atoms with Gasteiger partial charge in [-0.15, -0.1) is 0 Å². The van der Waals surface area contributed by atoms with Crippen LogP contribution in [0.25, 0.3) is 0 Å². The molecule has 1 heterocycles. The van der Waals surface area contributed by atoms with Crippen LogP contribution in [0.2, 0.25) is 10.0 Å². The number of amides is 1. The molecule has 0 unspecified atom stereocenters. The molecule has 1 aromatic carbocycles. The van der Waals surface area contributed by atoms with Gasteiger partial charge in [-0.25, -0.2) is 0 Å². The molecule has 0 bridgehead atoms. The Morgan fingerprint density at radius 2 is 2.27 bits per heavy atom. The average Bonchev–Trinajstić information content (AvgIpc) is 3.02. The third-order valence-electron chi connectivity index (χ3n) is 3.05. The highest BCUT2D eigenvalue weighted by Gasteiger charge is 2.18. The maximum atomic E-state index is 11.9. The second-order valence-electron chi connectivity index (χ2n) is 4.66. The summed E-state index contributed by atoms with van der Waals surface area (Å²) < 4.78 is 5.39. The lowest BCUT2D eigenvalue weighted by Crippen LogP contribution is -2.36. The number of anilines is 1. The first-order chi connectivity index (χ1) is 10.6. The van der Waals surface area contributed by atoms with Crippen molar-refractivity contribution in [3.05, 3.63) is 28.2 Å². The van der Waals surface area contributed by atoms with E-state index in [9.17, 15) is 4.79 Å². The number of ether oxygens (including phenoxy) is 1. The van der Waals surface area contributed by atoms with Gasteiger partial charge in [-0.1, -0.05) is 23.2 Å². The Bertz CT molecular complexity index is 622. The molecule has 8 heteroatoms. The smallest absolute Gasteiger partial charge is 0.282 e. The van der Waals surface area contributed by atoms with E-state index < -0.39 is 5.91 Å². The van der Waals surface area contributed by atoms with Gasteiger partial charge in [0.05, 0.1) is 21.8 Å². The van der Waals surface area contributed by atoms with Crippen LogP contribution in [0.15, 0.2) is 23.3 Å². The van der Waals surface area contributed by atoms with Crippen molar-refractivity contribution in [3.8, 4) is 6.07 Å². The van der Waals surface area contributed by atoms with Crippen molar-refractivity contribution in [1.29, 1.82) is 5.26 Å². The van der Waals surface area contributed by atoms with Crippen molar-refractivity contribution in [2.75, 3.05) is 18.6 Å². The van der Waals surface area contributed by atoms with Crippen LogP contribution in [-0.4, -0.2) is 30.9 Å². The molecule has 1 saturated heterocycles. The van der Waals surface area contributed by atoms with Gasteiger partial charge >= 0.3 is 0 Å². The summed E-state index contributed by atoms with van der Waals surface area (Å²) in [4.78, 5) is 11.9. The number of halogens is 2. The zero-order valence-electron chi connectivity index (χ0n) is 11.6. The van der Waals surface area contributed by atoms with Gasteiger partial charge in [-0.05, 0) is 31.0 Å². The minimum absolute atomic E-state index is 0.00641. The lowest BCUT2D eigenvalue weighted by molar-refractivity contribution is -0.115. The van der Waals surface area contributed by atoms with Crippen LogP contribution in [-0.2, 0) is 9.53 Å². The number of benzene rings is 1. The summed E-state index contributed by atoms with van der Waals surface area (Å²) in [5.41, 5.74) is 2.85. The molecule has 2 rings (SSSR count). The van der Waals surface area contributed by atoms with Crippen LogP contribution < -0.4 is 10.7 Å². The van der Waals surface area contributed by atoms with E-state index in [1.54, 1.807) is 24.3 Å². The van der Waals surface area contributed by atoms with E-state index in [0.29, 0.717) is 28.9 Å². The van der Waals surface area contributed by atoms with Gasteiger partial charge in [-0.3, -0.25) is 10.2 Å². The number of hydrogen-bond donors (Lipinski definition) is 2. The van der Waals surface area contributed by atoms with Crippen LogP contribution in [0.1, 0.15) is 12.8 Å². The largest absolute Gasteiger partial charge is 0.376 e. The van der Waals surface area contributed by atoms with Crippen molar-refractivity contribution in [2.45, 2.75) is 18.9 Å². The molecule has 0 spiro atoms. The Labute approximate surface area is 138 Å². The fraction of sp³-hybridized carbons (Fsp3) is 0.357. The van der Waals surface area contributed by atoms with E-state index >= 15 is 0 Å². The number of hydrazone groups is 1. The van der Waals surface area contributed by atoms with E-state index in [0.717, 1.165) is 12.8 Å². The van der Waals surface area contributed by atoms with Gasteiger partial charge in [0.2, 0.25) is 5.71 Å². The van der Waals surface area contributed by atoms with Crippen LogP contribution in [0.5, 0.6) is 0 Å². The second-order valence-corrected chi connectivity index (χ2v) is 5.47. The molecule has 1 aliphatic heterocycles. The van der Waals surface area contributed by atoms with Gasteiger partial charge in [0, 0.05) is 13.2 Å². The number of nitrogens with zero attached hydrogens (tertiary/aromatic N) is 2. The Morgan fingerprint density at radius 1 is 1.45 bits per heavy atom. The molecule has 0 aromatic heterocycles. The summed E-state index contributed by atoms with van der Waals surface area (Å²) in [7, 11) is 0. The molecule has 6 nitrogen and oxygen atoms in total. The van der Waals surface area contributed by atoms with Gasteiger partial charge in [0.1, 0.15) is 6.07 Å². The quantitative estimate of drug-likeness (QED) is 0.637. The Hall–Kier alpha value is -1.81. The van der Waals surface area contributed by atoms with E-state index in [4.69, 9.17) is 33.2 Å². The van der Waals surface area contributed by atoms with Crippen molar-refractivity contribution in [1.82, 2.24) is 5.32 Å². The molecule has 22 heavy (non-hydrogen) atoms. The van der Waals surface area contributed by atoms with Gasteiger partial charge in [-0.2, -0.15) is 10.4 Å². The summed E-state index contributed by atoms with van der Waals surface area (Å²) in [5.74, 6) is -0.550. The molecule has 1 atom stereocenters. The SMILES string of the molecule is N#C/C(=N/Nc1ccc(Cl)c(Cl)c1)C(=O)NC[C@H]1CCCO1. The zero-order valence-corrected chi connectivity index (χ0v) is 13.1. The molecular formula is C14H14Cl2N4O2.